The Labute approximate surface area is 625 Å². The summed E-state index contributed by atoms with van der Waals surface area (Å²) in [4.78, 5) is 37.7. The van der Waals surface area contributed by atoms with Gasteiger partial charge in [-0.3, -0.25) is 9.59 Å². The molecule has 9 nitrogen and oxygen atoms in total. The summed E-state index contributed by atoms with van der Waals surface area (Å²) in [6.07, 6.45) is 113. The first kappa shape index (κ1) is 96.7. The van der Waals surface area contributed by atoms with Gasteiger partial charge < -0.3 is 33.3 Å². The number of quaternary nitrogens is 1. The smallest absolute Gasteiger partial charge is 0.306 e. The van der Waals surface area contributed by atoms with Crippen molar-refractivity contribution < 1.29 is 42.9 Å². The molecule has 0 aromatic rings. The Balaban J connectivity index is 4.01. The van der Waals surface area contributed by atoms with Crippen LogP contribution in [0.1, 0.15) is 386 Å². The lowest BCUT2D eigenvalue weighted by atomic mass is 10.0. The molecule has 0 aliphatic heterocycles. The molecule has 582 valence electrons. The zero-order valence-electron chi connectivity index (χ0n) is 66.8. The van der Waals surface area contributed by atoms with Crippen molar-refractivity contribution in [2.75, 3.05) is 47.5 Å². The third-order valence-electron chi connectivity index (χ3n) is 18.7. The molecule has 0 aromatic carbocycles. The van der Waals surface area contributed by atoms with Crippen LogP contribution in [-0.2, 0) is 33.3 Å². The molecule has 0 radical (unpaired) electrons. The summed E-state index contributed by atoms with van der Waals surface area (Å²) in [5, 5.41) is 11.9. The van der Waals surface area contributed by atoms with E-state index in [1.54, 1.807) is 0 Å². The van der Waals surface area contributed by atoms with Gasteiger partial charge in [0.2, 0.25) is 0 Å². The van der Waals surface area contributed by atoms with E-state index in [0.29, 0.717) is 23.9 Å². The molecule has 0 aliphatic rings. The zero-order chi connectivity index (χ0) is 73.2. The fourth-order valence-corrected chi connectivity index (χ4v) is 12.2. The molecule has 0 spiro atoms. The maximum Gasteiger partial charge on any atom is 0.306 e. The van der Waals surface area contributed by atoms with E-state index in [0.717, 1.165) is 103 Å². The maximum atomic E-state index is 13.0. The summed E-state index contributed by atoms with van der Waals surface area (Å²) in [7, 11) is 5.94. The van der Waals surface area contributed by atoms with E-state index in [1.165, 1.54) is 250 Å². The number of carboxylic acid groups (broad SMARTS) is 1. The van der Waals surface area contributed by atoms with Crippen molar-refractivity contribution in [1.82, 2.24) is 0 Å². The first-order chi connectivity index (χ1) is 49.6. The number of carbonyl (C=O) groups is 3. The van der Waals surface area contributed by atoms with Gasteiger partial charge in [0.25, 0.3) is 0 Å². The number of hydrogen-bond acceptors (Lipinski definition) is 8. The molecular weight excluding hydrogens is 1250 g/mol. The molecule has 0 heterocycles. The Kier molecular flexibility index (Phi) is 77.9. The van der Waals surface area contributed by atoms with E-state index in [4.69, 9.17) is 18.9 Å². The highest BCUT2D eigenvalue weighted by Crippen LogP contribution is 2.19. The van der Waals surface area contributed by atoms with Gasteiger partial charge in [0, 0.05) is 12.8 Å². The van der Waals surface area contributed by atoms with Crippen molar-refractivity contribution in [2.24, 2.45) is 0 Å². The van der Waals surface area contributed by atoms with Crippen LogP contribution >= 0.6 is 0 Å². The Morgan fingerprint density at radius 2 is 0.564 bits per heavy atom. The fraction of sp³-hybridized carbons (Fsp3) is 0.750. The van der Waals surface area contributed by atoms with Gasteiger partial charge in [-0.15, -0.1) is 0 Å². The number of esters is 2. The average Bonchev–Trinajstić information content (AvgIpc) is 1.25. The van der Waals surface area contributed by atoms with Gasteiger partial charge in [-0.2, -0.15) is 0 Å². The molecule has 101 heavy (non-hydrogen) atoms. The number of nitrogens with zero attached hydrogens (tertiary/aromatic N) is 1. The highest BCUT2D eigenvalue weighted by atomic mass is 16.7. The molecule has 0 aromatic heterocycles. The number of unbranched alkanes of at least 4 members (excludes halogenated alkanes) is 44. The number of hydrogen-bond donors (Lipinski definition) is 0. The lowest BCUT2D eigenvalue weighted by Crippen LogP contribution is -2.44. The van der Waals surface area contributed by atoms with Crippen molar-refractivity contribution in [3.8, 4) is 0 Å². The van der Waals surface area contributed by atoms with Gasteiger partial charge in [0.05, 0.1) is 40.3 Å². The standard InChI is InChI=1S/C92H161NO8/c1-6-8-10-12-14-16-18-20-22-24-26-28-30-32-34-36-38-40-42-44-45-47-48-50-52-54-56-58-60-62-64-66-68-70-72-74-76-78-80-82-89(94)99-86-88(87-100-92(91(96)97)98-85-84-93(3,4)5)101-90(95)83-81-79-77-75-73-71-69-67-65-63-61-59-57-55-53-51-49-46-43-41-39-37-35-33-31-29-27-25-23-21-19-17-15-13-11-9-7-2/h9,11,15,17,21,23-24,26-27,29,33,35,39,41,46,49,53,55,59,61,88,92H,6-8,10,12-14,16,18-20,22,25,28,30-32,34,36-38,40,42-45,47-48,50-52,54,56-58,60,62-87H2,1-5H3/b11-9-,17-15-,23-21-,26-24-,29-27-,35-33-,41-39-,49-46-,55-53-,61-59-. The van der Waals surface area contributed by atoms with Gasteiger partial charge in [0.1, 0.15) is 13.2 Å². The van der Waals surface area contributed by atoms with Crippen LogP contribution in [-0.4, -0.2) is 82.3 Å². The highest BCUT2D eigenvalue weighted by molar-refractivity contribution is 5.70. The van der Waals surface area contributed by atoms with Crippen LogP contribution in [0.3, 0.4) is 0 Å². The fourth-order valence-electron chi connectivity index (χ4n) is 12.2. The summed E-state index contributed by atoms with van der Waals surface area (Å²) in [6.45, 7) is 4.67. The molecule has 0 rings (SSSR count). The summed E-state index contributed by atoms with van der Waals surface area (Å²) in [5.74, 6) is -2.28. The lowest BCUT2D eigenvalue weighted by Gasteiger charge is -2.26. The monoisotopic (exact) mass is 1410 g/mol. The second-order valence-electron chi connectivity index (χ2n) is 29.7. The number of carboxylic acids is 1. The third-order valence-corrected chi connectivity index (χ3v) is 18.7. The van der Waals surface area contributed by atoms with Gasteiger partial charge >= 0.3 is 11.9 Å². The number of ether oxygens (including phenoxy) is 4. The first-order valence-corrected chi connectivity index (χ1v) is 42.7. The number of likely N-dealkylation sites (N-methyl/N-ethyl adjacent to an activating group) is 1. The molecule has 0 bridgehead atoms. The van der Waals surface area contributed by atoms with Crippen molar-refractivity contribution in [3.63, 3.8) is 0 Å². The quantitative estimate of drug-likeness (QED) is 0.0195. The molecule has 0 N–H and O–H groups in total. The van der Waals surface area contributed by atoms with Crippen LogP contribution in [0.4, 0.5) is 0 Å². The van der Waals surface area contributed by atoms with E-state index in [2.05, 4.69) is 135 Å². The molecule has 9 heteroatoms. The van der Waals surface area contributed by atoms with Crippen molar-refractivity contribution >= 4 is 17.9 Å². The number of carbonyl (C=O) groups excluding carboxylic acids is 3. The lowest BCUT2D eigenvalue weighted by molar-refractivity contribution is -0.870. The van der Waals surface area contributed by atoms with E-state index < -0.39 is 24.3 Å². The Morgan fingerprint density at radius 3 is 0.851 bits per heavy atom. The molecule has 0 saturated carbocycles. The molecule has 0 fully saturated rings. The predicted molar refractivity (Wildman–Crippen MR) is 435 cm³/mol. The number of allylic oxidation sites excluding steroid dienone is 20. The van der Waals surface area contributed by atoms with Crippen LogP contribution in [0.2, 0.25) is 0 Å². The predicted octanol–water partition coefficient (Wildman–Crippen LogP) is 26.5. The van der Waals surface area contributed by atoms with E-state index in [1.807, 2.05) is 21.1 Å². The van der Waals surface area contributed by atoms with Crippen LogP contribution in [0.25, 0.3) is 0 Å². The second-order valence-corrected chi connectivity index (χ2v) is 29.7. The minimum Gasteiger partial charge on any atom is -0.545 e. The Morgan fingerprint density at radius 1 is 0.307 bits per heavy atom. The average molecular weight is 1410 g/mol. The van der Waals surface area contributed by atoms with Crippen LogP contribution in [0.5, 0.6) is 0 Å². The van der Waals surface area contributed by atoms with Gasteiger partial charge in [-0.25, -0.2) is 0 Å². The minimum absolute atomic E-state index is 0.143. The summed E-state index contributed by atoms with van der Waals surface area (Å²) in [6, 6.07) is 0. The van der Waals surface area contributed by atoms with Crippen molar-refractivity contribution in [2.45, 2.75) is 399 Å². The molecule has 0 amide bonds. The second kappa shape index (κ2) is 81.4. The molecule has 2 unspecified atom stereocenters. The van der Waals surface area contributed by atoms with E-state index >= 15 is 0 Å². The molecule has 0 aliphatic carbocycles. The summed E-state index contributed by atoms with van der Waals surface area (Å²) in [5.41, 5.74) is 0. The topological polar surface area (TPSA) is 111 Å². The van der Waals surface area contributed by atoms with Crippen molar-refractivity contribution in [1.29, 1.82) is 0 Å². The number of aliphatic carboxylic acids is 1. The van der Waals surface area contributed by atoms with Gasteiger partial charge in [-0.05, 0) is 109 Å². The molecule has 0 saturated heterocycles. The first-order valence-electron chi connectivity index (χ1n) is 42.7. The largest absolute Gasteiger partial charge is 0.545 e. The minimum atomic E-state index is -1.63. The SMILES string of the molecule is CC/C=C\C/C=C\C/C=C\C/C=C\C/C=C\C/C=C\C/C=C\C/C=C\C/C=C\CCCCCCCCCCCC(=O)OC(COC(=O)CCCCCCCCCCCCCCCCCCCCCCCCCCCCC/C=C\CCCCCCCCCC)COC(OCC[N+](C)(C)C)C(=O)[O-]. The molecule has 2 atom stereocenters. The maximum absolute atomic E-state index is 13.0. The van der Waals surface area contributed by atoms with Gasteiger partial charge in [-0.1, -0.05) is 386 Å². The Hall–Kier alpha value is -4.31. The Bertz CT molecular complexity index is 2090. The van der Waals surface area contributed by atoms with Crippen molar-refractivity contribution in [3.05, 3.63) is 122 Å². The van der Waals surface area contributed by atoms with Gasteiger partial charge in [0.15, 0.2) is 12.4 Å². The van der Waals surface area contributed by atoms with E-state index in [-0.39, 0.29) is 32.2 Å². The molecular formula is C92H161NO8. The zero-order valence-corrected chi connectivity index (χ0v) is 66.8. The summed E-state index contributed by atoms with van der Waals surface area (Å²) < 4.78 is 22.9. The summed E-state index contributed by atoms with van der Waals surface area (Å²) >= 11 is 0. The number of rotatable bonds is 79. The van der Waals surface area contributed by atoms with Crippen LogP contribution in [0, 0.1) is 0 Å². The van der Waals surface area contributed by atoms with Crippen LogP contribution in [0.15, 0.2) is 122 Å². The third kappa shape index (κ3) is 82.8. The normalized spacial score (nSPS) is 13.2. The van der Waals surface area contributed by atoms with E-state index in [9.17, 15) is 19.5 Å². The van der Waals surface area contributed by atoms with Crippen LogP contribution < -0.4 is 5.11 Å². The highest BCUT2D eigenvalue weighted by Gasteiger charge is 2.22.